The Hall–Kier alpha value is -0.610. The van der Waals surface area contributed by atoms with Crippen LogP contribution in [0.2, 0.25) is 0 Å². The van der Waals surface area contributed by atoms with Crippen molar-refractivity contribution in [3.05, 3.63) is 10.6 Å². The van der Waals surface area contributed by atoms with Crippen molar-refractivity contribution in [3.8, 4) is 0 Å². The average Bonchev–Trinajstić information content (AvgIpc) is 2.49. The fourth-order valence-electron chi connectivity index (χ4n) is 1.58. The minimum absolute atomic E-state index is 0.517. The molecule has 1 aromatic heterocycles. The smallest absolute Gasteiger partial charge is 0.186 e. The zero-order valence-corrected chi connectivity index (χ0v) is 11.1. The molecular formula is C11H21N3S. The molecule has 86 valence electrons. The van der Waals surface area contributed by atoms with Crippen molar-refractivity contribution in [1.82, 2.24) is 10.3 Å². The van der Waals surface area contributed by atoms with E-state index in [2.05, 4.69) is 42.9 Å². The normalized spacial score (nSPS) is 11.1. The topological polar surface area (TPSA) is 28.2 Å². The Morgan fingerprint density at radius 2 is 2.13 bits per heavy atom. The van der Waals surface area contributed by atoms with Gasteiger partial charge in [-0.1, -0.05) is 0 Å². The van der Waals surface area contributed by atoms with Crippen LogP contribution in [0.15, 0.2) is 0 Å². The summed E-state index contributed by atoms with van der Waals surface area (Å²) in [6.45, 7) is 10.6. The Kier molecular flexibility index (Phi) is 4.54. The third-order valence-electron chi connectivity index (χ3n) is 2.43. The first-order chi connectivity index (χ1) is 7.10. The minimum atomic E-state index is 0.517. The maximum Gasteiger partial charge on any atom is 0.186 e. The maximum atomic E-state index is 4.63. The fourth-order valence-corrected chi connectivity index (χ4v) is 2.85. The predicted molar refractivity (Wildman–Crippen MR) is 67.8 cm³/mol. The molecule has 0 radical (unpaired) electrons. The van der Waals surface area contributed by atoms with Gasteiger partial charge in [0.1, 0.15) is 0 Å². The maximum absolute atomic E-state index is 4.63. The van der Waals surface area contributed by atoms with Gasteiger partial charge in [0.05, 0.1) is 5.69 Å². The standard InChI is InChI=1S/C11H21N3S/c1-6-14(8(2)3)11-13-9(4)10(15-11)7-12-5/h8,12H,6-7H2,1-5H3. The van der Waals surface area contributed by atoms with Crippen molar-refractivity contribution in [3.63, 3.8) is 0 Å². The van der Waals surface area contributed by atoms with Gasteiger partial charge >= 0.3 is 0 Å². The molecule has 0 unspecified atom stereocenters. The van der Waals surface area contributed by atoms with Gasteiger partial charge in [-0.2, -0.15) is 0 Å². The first-order valence-electron chi connectivity index (χ1n) is 5.47. The Morgan fingerprint density at radius 3 is 2.60 bits per heavy atom. The van der Waals surface area contributed by atoms with Gasteiger partial charge in [0.25, 0.3) is 0 Å². The Bertz CT molecular complexity index is 307. The molecule has 1 rings (SSSR count). The van der Waals surface area contributed by atoms with Gasteiger partial charge in [-0.3, -0.25) is 0 Å². The molecule has 15 heavy (non-hydrogen) atoms. The predicted octanol–water partition coefficient (Wildman–Crippen LogP) is 2.41. The van der Waals surface area contributed by atoms with E-state index in [0.717, 1.165) is 23.9 Å². The molecule has 0 spiro atoms. The zero-order valence-electron chi connectivity index (χ0n) is 10.3. The number of aryl methyl sites for hydroxylation is 1. The molecule has 1 N–H and O–H groups in total. The highest BCUT2D eigenvalue weighted by atomic mass is 32.1. The van der Waals surface area contributed by atoms with E-state index in [9.17, 15) is 0 Å². The number of thiazole rings is 1. The van der Waals surface area contributed by atoms with Crippen LogP contribution in [0.1, 0.15) is 31.3 Å². The van der Waals surface area contributed by atoms with Crippen LogP contribution in [0.5, 0.6) is 0 Å². The van der Waals surface area contributed by atoms with Gasteiger partial charge in [0.15, 0.2) is 5.13 Å². The minimum Gasteiger partial charge on any atom is -0.346 e. The van der Waals surface area contributed by atoms with E-state index >= 15 is 0 Å². The van der Waals surface area contributed by atoms with Crippen LogP contribution < -0.4 is 10.2 Å². The first-order valence-corrected chi connectivity index (χ1v) is 6.29. The number of hydrogen-bond acceptors (Lipinski definition) is 4. The molecule has 0 aliphatic rings. The Labute approximate surface area is 96.5 Å². The first kappa shape index (κ1) is 12.5. The van der Waals surface area contributed by atoms with E-state index in [1.807, 2.05) is 7.05 Å². The van der Waals surface area contributed by atoms with Crippen molar-refractivity contribution in [2.24, 2.45) is 0 Å². The van der Waals surface area contributed by atoms with Crippen molar-refractivity contribution < 1.29 is 0 Å². The summed E-state index contributed by atoms with van der Waals surface area (Å²) in [5.74, 6) is 0. The molecule has 0 saturated heterocycles. The molecule has 0 aliphatic carbocycles. The zero-order chi connectivity index (χ0) is 11.4. The Morgan fingerprint density at radius 1 is 1.47 bits per heavy atom. The summed E-state index contributed by atoms with van der Waals surface area (Å²) in [5.41, 5.74) is 1.16. The van der Waals surface area contributed by atoms with E-state index in [1.54, 1.807) is 11.3 Å². The lowest BCUT2D eigenvalue weighted by Crippen LogP contribution is -2.30. The molecule has 0 amide bonds. The summed E-state index contributed by atoms with van der Waals surface area (Å²) < 4.78 is 0. The lowest BCUT2D eigenvalue weighted by Gasteiger charge is -2.24. The molecule has 4 heteroatoms. The van der Waals surface area contributed by atoms with Gasteiger partial charge in [-0.15, -0.1) is 11.3 Å². The second-order valence-electron chi connectivity index (χ2n) is 3.92. The monoisotopic (exact) mass is 227 g/mol. The average molecular weight is 227 g/mol. The van der Waals surface area contributed by atoms with Crippen LogP contribution in [-0.4, -0.2) is 24.6 Å². The molecule has 0 bridgehead atoms. The van der Waals surface area contributed by atoms with Crippen molar-refractivity contribution >= 4 is 16.5 Å². The summed E-state index contributed by atoms with van der Waals surface area (Å²) in [4.78, 5) is 8.30. The van der Waals surface area contributed by atoms with Gasteiger partial charge in [0.2, 0.25) is 0 Å². The van der Waals surface area contributed by atoms with Crippen LogP contribution in [-0.2, 0) is 6.54 Å². The number of hydrogen-bond donors (Lipinski definition) is 1. The molecule has 1 aromatic rings. The summed E-state index contributed by atoms with van der Waals surface area (Å²) >= 11 is 1.80. The number of aromatic nitrogens is 1. The highest BCUT2D eigenvalue weighted by Crippen LogP contribution is 2.27. The molecule has 0 atom stereocenters. The van der Waals surface area contributed by atoms with E-state index in [0.29, 0.717) is 6.04 Å². The molecule has 0 saturated carbocycles. The van der Waals surface area contributed by atoms with Gasteiger partial charge in [0, 0.05) is 24.0 Å². The van der Waals surface area contributed by atoms with E-state index < -0.39 is 0 Å². The summed E-state index contributed by atoms with van der Waals surface area (Å²) in [6, 6.07) is 0.517. The Balaban J connectivity index is 2.89. The van der Waals surface area contributed by atoms with Crippen molar-refractivity contribution in [2.45, 2.75) is 40.3 Å². The second kappa shape index (κ2) is 5.47. The van der Waals surface area contributed by atoms with E-state index in [-0.39, 0.29) is 0 Å². The summed E-state index contributed by atoms with van der Waals surface area (Å²) in [7, 11) is 1.97. The van der Waals surface area contributed by atoms with Gasteiger partial charge < -0.3 is 10.2 Å². The molecule has 0 fully saturated rings. The third kappa shape index (κ3) is 2.92. The second-order valence-corrected chi connectivity index (χ2v) is 4.98. The van der Waals surface area contributed by atoms with Crippen LogP contribution >= 0.6 is 11.3 Å². The number of anilines is 1. The van der Waals surface area contributed by atoms with Crippen LogP contribution in [0.3, 0.4) is 0 Å². The number of rotatable bonds is 5. The van der Waals surface area contributed by atoms with Crippen LogP contribution in [0, 0.1) is 6.92 Å². The molecular weight excluding hydrogens is 206 g/mol. The quantitative estimate of drug-likeness (QED) is 0.837. The van der Waals surface area contributed by atoms with E-state index in [1.165, 1.54) is 4.88 Å². The largest absolute Gasteiger partial charge is 0.346 e. The van der Waals surface area contributed by atoms with Crippen LogP contribution in [0.4, 0.5) is 5.13 Å². The molecule has 0 aliphatic heterocycles. The highest BCUT2D eigenvalue weighted by molar-refractivity contribution is 7.15. The highest BCUT2D eigenvalue weighted by Gasteiger charge is 2.14. The van der Waals surface area contributed by atoms with Gasteiger partial charge in [-0.05, 0) is 34.7 Å². The summed E-state index contributed by atoms with van der Waals surface area (Å²) in [5, 5.41) is 4.32. The SMILES string of the molecule is CCN(c1nc(C)c(CNC)s1)C(C)C. The van der Waals surface area contributed by atoms with Crippen molar-refractivity contribution in [1.29, 1.82) is 0 Å². The molecule has 3 nitrogen and oxygen atoms in total. The van der Waals surface area contributed by atoms with E-state index in [4.69, 9.17) is 0 Å². The summed E-state index contributed by atoms with van der Waals surface area (Å²) in [6.07, 6.45) is 0. The van der Waals surface area contributed by atoms with Gasteiger partial charge in [-0.25, -0.2) is 4.98 Å². The lowest BCUT2D eigenvalue weighted by atomic mass is 10.3. The molecule has 1 heterocycles. The lowest BCUT2D eigenvalue weighted by molar-refractivity contribution is 0.700. The van der Waals surface area contributed by atoms with Crippen molar-refractivity contribution in [2.75, 3.05) is 18.5 Å². The third-order valence-corrected chi connectivity index (χ3v) is 3.62. The number of nitrogens with one attached hydrogen (secondary N) is 1. The van der Waals surface area contributed by atoms with Crippen LogP contribution in [0.25, 0.3) is 0 Å². The fraction of sp³-hybridized carbons (Fsp3) is 0.727. The molecule has 0 aromatic carbocycles. The number of nitrogens with zero attached hydrogens (tertiary/aromatic N) is 2.